The Labute approximate surface area is 66.3 Å². The Hall–Kier alpha value is 0.0700. The highest BCUT2D eigenvalue weighted by atomic mass is 31.2. The van der Waals surface area contributed by atoms with Gasteiger partial charge in [0.15, 0.2) is 0 Å². The van der Waals surface area contributed by atoms with Gasteiger partial charge in [-0.25, -0.2) is 4.57 Å². The van der Waals surface area contributed by atoms with E-state index in [1.54, 1.807) is 13.8 Å². The highest BCUT2D eigenvalue weighted by Gasteiger charge is 2.21. The van der Waals surface area contributed by atoms with Gasteiger partial charge in [-0.3, -0.25) is 9.05 Å². The van der Waals surface area contributed by atoms with Crippen molar-refractivity contribution in [3.63, 3.8) is 0 Å². The predicted octanol–water partition coefficient (Wildman–Crippen LogP) is 0.707. The molecule has 68 valence electrons. The van der Waals surface area contributed by atoms with Crippen molar-refractivity contribution in [1.29, 1.82) is 0 Å². The van der Waals surface area contributed by atoms with Crippen LogP contribution in [0.5, 0.6) is 0 Å². The number of hydrogen-bond donors (Lipinski definition) is 2. The minimum atomic E-state index is -3.22. The fraction of sp³-hybridized carbons (Fsp3) is 1.00. The molecule has 0 aliphatic carbocycles. The fourth-order valence-electron chi connectivity index (χ4n) is 0.555. The lowest BCUT2D eigenvalue weighted by atomic mass is 10.9. The lowest BCUT2D eigenvalue weighted by molar-refractivity contribution is 0.191. The van der Waals surface area contributed by atoms with Gasteiger partial charge in [-0.05, 0) is 13.8 Å². The second-order valence-corrected chi connectivity index (χ2v) is 3.48. The van der Waals surface area contributed by atoms with E-state index < -0.39 is 14.5 Å². The van der Waals surface area contributed by atoms with Gasteiger partial charge < -0.3 is 5.11 Å². The monoisotopic (exact) mass is 183 g/mol. The Bertz CT molecular complexity index is 117. The van der Waals surface area contributed by atoms with Crippen molar-refractivity contribution >= 4 is 7.75 Å². The lowest BCUT2D eigenvalue weighted by Gasteiger charge is -2.15. The molecule has 2 N–H and O–H groups in total. The molecule has 11 heavy (non-hydrogen) atoms. The van der Waals surface area contributed by atoms with Crippen molar-refractivity contribution in [2.24, 2.45) is 0 Å². The fourth-order valence-corrected chi connectivity index (χ4v) is 1.67. The van der Waals surface area contributed by atoms with Crippen LogP contribution >= 0.6 is 7.75 Å². The molecular weight excluding hydrogens is 169 g/mol. The van der Waals surface area contributed by atoms with E-state index >= 15 is 0 Å². The van der Waals surface area contributed by atoms with Gasteiger partial charge in [0.05, 0.1) is 13.2 Å². The number of aliphatic hydroxyl groups excluding tert-OH is 1. The molecule has 0 aliphatic rings. The largest absolute Gasteiger partial charge is 0.407 e. The van der Waals surface area contributed by atoms with Crippen LogP contribution < -0.4 is 5.09 Å². The molecule has 0 aromatic carbocycles. The molecule has 0 atom stereocenters. The molecule has 5 nitrogen and oxygen atoms in total. The van der Waals surface area contributed by atoms with Gasteiger partial charge in [0.25, 0.3) is 0 Å². The maximum atomic E-state index is 11.3. The van der Waals surface area contributed by atoms with Gasteiger partial charge in [-0.1, -0.05) is 0 Å². The maximum absolute atomic E-state index is 11.3. The molecule has 0 aliphatic heterocycles. The zero-order valence-electron chi connectivity index (χ0n) is 6.74. The molecular formula is C5H14NO4P. The molecule has 0 unspecified atom stereocenters. The average molecular weight is 183 g/mol. The highest BCUT2D eigenvalue weighted by molar-refractivity contribution is 7.51. The molecule has 0 saturated carbocycles. The van der Waals surface area contributed by atoms with Gasteiger partial charge in [-0.15, -0.1) is 0 Å². The molecule has 0 saturated heterocycles. The smallest absolute Gasteiger partial charge is 0.381 e. The van der Waals surface area contributed by atoms with Crippen LogP contribution in [0.3, 0.4) is 0 Å². The first-order valence-electron chi connectivity index (χ1n) is 3.43. The van der Waals surface area contributed by atoms with Crippen molar-refractivity contribution in [1.82, 2.24) is 5.09 Å². The van der Waals surface area contributed by atoms with Crippen LogP contribution in [0.1, 0.15) is 13.8 Å². The summed E-state index contributed by atoms with van der Waals surface area (Å²) in [4.78, 5) is 0. The van der Waals surface area contributed by atoms with Crippen molar-refractivity contribution in [3.8, 4) is 0 Å². The molecule has 0 aromatic heterocycles. The first-order chi connectivity index (χ1) is 5.18. The zero-order valence-corrected chi connectivity index (χ0v) is 7.63. The van der Waals surface area contributed by atoms with Gasteiger partial charge in [-0.2, -0.15) is 5.09 Å². The van der Waals surface area contributed by atoms with Gasteiger partial charge >= 0.3 is 7.75 Å². The van der Waals surface area contributed by atoms with Crippen molar-refractivity contribution in [2.75, 3.05) is 19.9 Å². The molecule has 0 amide bonds. The van der Waals surface area contributed by atoms with E-state index in [2.05, 4.69) is 5.09 Å². The van der Waals surface area contributed by atoms with E-state index in [-0.39, 0.29) is 13.2 Å². The molecule has 0 bridgehead atoms. The Morgan fingerprint density at radius 3 is 2.09 bits per heavy atom. The molecule has 6 heteroatoms. The summed E-state index contributed by atoms with van der Waals surface area (Å²) >= 11 is 0. The first-order valence-corrected chi connectivity index (χ1v) is 4.98. The van der Waals surface area contributed by atoms with Crippen LogP contribution in [0, 0.1) is 0 Å². The van der Waals surface area contributed by atoms with E-state index in [1.165, 1.54) is 0 Å². The van der Waals surface area contributed by atoms with Crippen LogP contribution in [0.4, 0.5) is 0 Å². The number of hydrogen-bond acceptors (Lipinski definition) is 4. The summed E-state index contributed by atoms with van der Waals surface area (Å²) in [6.07, 6.45) is 0. The summed E-state index contributed by atoms with van der Waals surface area (Å²) in [7, 11) is -3.22. The minimum absolute atomic E-state index is 0.282. The Balaban J connectivity index is 3.91. The first kappa shape index (κ1) is 11.1. The Morgan fingerprint density at radius 1 is 1.36 bits per heavy atom. The summed E-state index contributed by atoms with van der Waals surface area (Å²) in [6, 6.07) is 0. The second kappa shape index (κ2) is 5.69. The molecule has 0 fully saturated rings. The van der Waals surface area contributed by atoms with Crippen LogP contribution in [-0.2, 0) is 13.6 Å². The number of aliphatic hydroxyl groups is 1. The van der Waals surface area contributed by atoms with E-state index in [9.17, 15) is 4.57 Å². The van der Waals surface area contributed by atoms with Crippen LogP contribution in [0.2, 0.25) is 0 Å². The SMILES string of the molecule is CCOP(=O)(NCO)OCC. The van der Waals surface area contributed by atoms with Crippen molar-refractivity contribution in [2.45, 2.75) is 13.8 Å². The van der Waals surface area contributed by atoms with Gasteiger partial charge in [0, 0.05) is 0 Å². The van der Waals surface area contributed by atoms with Crippen molar-refractivity contribution < 1.29 is 18.7 Å². The summed E-state index contributed by atoms with van der Waals surface area (Å²) < 4.78 is 20.8. The maximum Gasteiger partial charge on any atom is 0.407 e. The van der Waals surface area contributed by atoms with Crippen LogP contribution in [-0.4, -0.2) is 25.1 Å². The average Bonchev–Trinajstić information content (AvgIpc) is 1.88. The van der Waals surface area contributed by atoms with Gasteiger partial charge in [0.2, 0.25) is 0 Å². The second-order valence-electron chi connectivity index (χ2n) is 1.65. The zero-order chi connectivity index (χ0) is 8.74. The third-order valence-electron chi connectivity index (χ3n) is 0.862. The standard InChI is InChI=1S/C5H14NO4P/c1-3-9-11(8,6-5-7)10-4-2/h7H,3-5H2,1-2H3,(H,6,8). The number of rotatable bonds is 6. The molecule has 0 spiro atoms. The number of nitrogens with one attached hydrogen (secondary N) is 1. The van der Waals surface area contributed by atoms with E-state index in [0.717, 1.165) is 0 Å². The topological polar surface area (TPSA) is 67.8 Å². The Kier molecular flexibility index (Phi) is 5.72. The van der Waals surface area contributed by atoms with E-state index in [1.807, 2.05) is 0 Å². The minimum Gasteiger partial charge on any atom is -0.381 e. The van der Waals surface area contributed by atoms with Crippen molar-refractivity contribution in [3.05, 3.63) is 0 Å². The molecule has 0 radical (unpaired) electrons. The molecule has 0 rings (SSSR count). The third kappa shape index (κ3) is 4.50. The summed E-state index contributed by atoms with van der Waals surface area (Å²) in [5.41, 5.74) is 0. The Morgan fingerprint density at radius 2 is 1.82 bits per heavy atom. The van der Waals surface area contributed by atoms with Crippen LogP contribution in [0.15, 0.2) is 0 Å². The normalized spacial score (nSPS) is 11.9. The van der Waals surface area contributed by atoms with Gasteiger partial charge in [0.1, 0.15) is 6.73 Å². The van der Waals surface area contributed by atoms with Crippen LogP contribution in [0.25, 0.3) is 0 Å². The summed E-state index contributed by atoms with van der Waals surface area (Å²) in [6.45, 7) is 3.54. The van der Waals surface area contributed by atoms with E-state index in [0.29, 0.717) is 0 Å². The predicted molar refractivity (Wildman–Crippen MR) is 41.1 cm³/mol. The summed E-state index contributed by atoms with van der Waals surface area (Å²) in [5, 5.41) is 10.6. The summed E-state index contributed by atoms with van der Waals surface area (Å²) in [5.74, 6) is 0. The molecule has 0 heterocycles. The lowest BCUT2D eigenvalue weighted by Crippen LogP contribution is -2.15. The molecule has 0 aromatic rings. The third-order valence-corrected chi connectivity index (χ3v) is 2.59. The highest BCUT2D eigenvalue weighted by Crippen LogP contribution is 2.42. The quantitative estimate of drug-likeness (QED) is 0.468. The van der Waals surface area contributed by atoms with E-state index in [4.69, 9.17) is 14.2 Å².